The molecule has 128 valence electrons. The molecule has 3 rings (SSSR count). The van der Waals surface area contributed by atoms with Gasteiger partial charge in [0.1, 0.15) is 5.75 Å². The van der Waals surface area contributed by atoms with Gasteiger partial charge in [-0.05, 0) is 6.26 Å². The van der Waals surface area contributed by atoms with Gasteiger partial charge < -0.3 is 29.4 Å². The van der Waals surface area contributed by atoms with Crippen LogP contribution in [0.2, 0.25) is 0 Å². The van der Waals surface area contributed by atoms with Gasteiger partial charge in [-0.15, -0.1) is 0 Å². The van der Waals surface area contributed by atoms with Gasteiger partial charge in [0.2, 0.25) is 6.79 Å². The monoisotopic (exact) mass is 350 g/mol. The number of carbonyl (C=O) groups is 1. The molecule has 1 aliphatic rings. The minimum Gasteiger partial charge on any atom is -0.494 e. The summed E-state index contributed by atoms with van der Waals surface area (Å²) in [6, 6.07) is 3.01. The second-order valence-corrected chi connectivity index (χ2v) is 5.78. The Morgan fingerprint density at radius 3 is 2.83 bits per heavy atom. The molecule has 0 aliphatic carbocycles. The van der Waals surface area contributed by atoms with Crippen LogP contribution >= 0.6 is 11.8 Å². The van der Waals surface area contributed by atoms with Gasteiger partial charge in [-0.25, -0.2) is 9.78 Å². The molecule has 0 saturated heterocycles. The molecule has 0 spiro atoms. The van der Waals surface area contributed by atoms with Crippen LogP contribution in [-0.4, -0.2) is 35.7 Å². The maximum absolute atomic E-state index is 12.2. The first-order valence-electron chi connectivity index (χ1n) is 7.19. The zero-order valence-electron chi connectivity index (χ0n) is 13.6. The van der Waals surface area contributed by atoms with Crippen LogP contribution in [0.1, 0.15) is 5.69 Å². The van der Waals surface area contributed by atoms with Crippen LogP contribution in [0, 0.1) is 0 Å². The largest absolute Gasteiger partial charge is 0.494 e. The minimum atomic E-state index is -0.348. The first-order chi connectivity index (χ1) is 11.6. The molecule has 1 aliphatic heterocycles. The van der Waals surface area contributed by atoms with Crippen molar-refractivity contribution in [2.75, 3.05) is 25.5 Å². The number of aromatic nitrogens is 2. The number of nitrogens with zero attached hydrogens (tertiary/aromatic N) is 2. The first kappa shape index (κ1) is 16.3. The number of methoxy groups -OCH3 is 1. The fourth-order valence-corrected chi connectivity index (χ4v) is 2.86. The van der Waals surface area contributed by atoms with E-state index in [1.54, 1.807) is 30.1 Å². The van der Waals surface area contributed by atoms with Gasteiger partial charge in [-0.1, -0.05) is 11.8 Å². The van der Waals surface area contributed by atoms with Gasteiger partial charge in [0.25, 0.3) is 0 Å². The number of nitrogens with one attached hydrogen (secondary N) is 2. The number of urea groups is 1. The summed E-state index contributed by atoms with van der Waals surface area (Å²) in [4.78, 5) is 16.4. The van der Waals surface area contributed by atoms with Crippen LogP contribution in [-0.2, 0) is 13.6 Å². The second-order valence-electron chi connectivity index (χ2n) is 5.01. The number of hydrogen-bond donors (Lipinski definition) is 2. The van der Waals surface area contributed by atoms with Crippen molar-refractivity contribution in [1.29, 1.82) is 0 Å². The normalized spacial score (nSPS) is 12.1. The van der Waals surface area contributed by atoms with E-state index >= 15 is 0 Å². The van der Waals surface area contributed by atoms with Gasteiger partial charge in [0.05, 0.1) is 31.2 Å². The Hall–Kier alpha value is -2.55. The lowest BCUT2D eigenvalue weighted by molar-refractivity contribution is 0.174. The number of carbonyl (C=O) groups excluding carboxylic acids is 1. The Morgan fingerprint density at radius 1 is 1.42 bits per heavy atom. The number of amides is 2. The third kappa shape index (κ3) is 3.21. The molecule has 2 N–H and O–H groups in total. The van der Waals surface area contributed by atoms with Crippen molar-refractivity contribution in [3.63, 3.8) is 0 Å². The number of benzene rings is 1. The molecule has 0 radical (unpaired) electrons. The molecule has 2 amide bonds. The topological polar surface area (TPSA) is 86.6 Å². The van der Waals surface area contributed by atoms with E-state index in [1.165, 1.54) is 7.11 Å². The van der Waals surface area contributed by atoms with E-state index in [4.69, 9.17) is 14.2 Å². The molecule has 0 unspecified atom stereocenters. The summed E-state index contributed by atoms with van der Waals surface area (Å²) < 4.78 is 17.8. The van der Waals surface area contributed by atoms with E-state index in [0.29, 0.717) is 29.5 Å². The first-order valence-corrected chi connectivity index (χ1v) is 8.42. The lowest BCUT2D eigenvalue weighted by Gasteiger charge is -2.12. The van der Waals surface area contributed by atoms with Gasteiger partial charge in [0.15, 0.2) is 16.7 Å². The highest BCUT2D eigenvalue weighted by Crippen LogP contribution is 2.40. The molecular weight excluding hydrogens is 332 g/mol. The lowest BCUT2D eigenvalue weighted by Crippen LogP contribution is -2.29. The van der Waals surface area contributed by atoms with Crippen molar-refractivity contribution >= 4 is 23.5 Å². The van der Waals surface area contributed by atoms with Crippen LogP contribution in [0.5, 0.6) is 17.2 Å². The number of thioether (sulfide) groups is 1. The lowest BCUT2D eigenvalue weighted by atomic mass is 10.2. The fraction of sp³-hybridized carbons (Fsp3) is 0.333. The number of rotatable bonds is 5. The summed E-state index contributed by atoms with van der Waals surface area (Å²) in [5.41, 5.74) is 1.42. The van der Waals surface area contributed by atoms with E-state index in [2.05, 4.69) is 15.6 Å². The van der Waals surface area contributed by atoms with Crippen molar-refractivity contribution in [3.8, 4) is 17.2 Å². The molecule has 2 heterocycles. The fourth-order valence-electron chi connectivity index (χ4n) is 2.31. The Kier molecular flexibility index (Phi) is 4.70. The standard InChI is InChI=1S/C15H18N4O4S/c1-19-9(7-17-15(19)24-3)6-16-14(20)18-10-4-12-13(23-8-22-12)5-11(10)21-2/h4-5,7H,6,8H2,1-3H3,(H2,16,18,20). The highest BCUT2D eigenvalue weighted by atomic mass is 32.2. The highest BCUT2D eigenvalue weighted by molar-refractivity contribution is 7.98. The van der Waals surface area contributed by atoms with Crippen molar-refractivity contribution < 1.29 is 19.0 Å². The zero-order valence-corrected chi connectivity index (χ0v) is 14.4. The third-order valence-electron chi connectivity index (χ3n) is 3.60. The molecule has 8 nitrogen and oxygen atoms in total. The average Bonchev–Trinajstić information content (AvgIpc) is 3.17. The average molecular weight is 350 g/mol. The summed E-state index contributed by atoms with van der Waals surface area (Å²) >= 11 is 1.55. The molecule has 2 aromatic rings. The molecule has 9 heteroatoms. The van der Waals surface area contributed by atoms with Crippen LogP contribution in [0.4, 0.5) is 10.5 Å². The van der Waals surface area contributed by atoms with Gasteiger partial charge in [-0.3, -0.25) is 0 Å². The molecule has 24 heavy (non-hydrogen) atoms. The maximum Gasteiger partial charge on any atom is 0.319 e. The van der Waals surface area contributed by atoms with Crippen molar-refractivity contribution in [3.05, 3.63) is 24.0 Å². The van der Waals surface area contributed by atoms with Crippen molar-refractivity contribution in [1.82, 2.24) is 14.9 Å². The smallest absolute Gasteiger partial charge is 0.319 e. The Labute approximate surface area is 143 Å². The van der Waals surface area contributed by atoms with Crippen molar-refractivity contribution in [2.45, 2.75) is 11.7 Å². The quantitative estimate of drug-likeness (QED) is 0.804. The van der Waals surface area contributed by atoms with Gasteiger partial charge in [0, 0.05) is 19.2 Å². The van der Waals surface area contributed by atoms with Crippen LogP contribution in [0.3, 0.4) is 0 Å². The third-order valence-corrected chi connectivity index (χ3v) is 4.34. The summed E-state index contributed by atoms with van der Waals surface area (Å²) in [5.74, 6) is 1.67. The summed E-state index contributed by atoms with van der Waals surface area (Å²) in [5, 5.41) is 6.45. The SMILES string of the molecule is COc1cc2c(cc1NC(=O)NCc1cnc(SC)n1C)OCO2. The Bertz CT molecular complexity index is 762. The molecule has 0 atom stereocenters. The predicted octanol–water partition coefficient (Wildman–Crippen LogP) is 2.20. The summed E-state index contributed by atoms with van der Waals surface area (Å²) in [6.45, 7) is 0.523. The number of ether oxygens (including phenoxy) is 3. The van der Waals surface area contributed by atoms with Gasteiger partial charge >= 0.3 is 6.03 Å². The summed E-state index contributed by atoms with van der Waals surface area (Å²) in [6.07, 6.45) is 3.70. The van der Waals surface area contributed by atoms with Crippen LogP contribution < -0.4 is 24.8 Å². The molecule has 1 aromatic carbocycles. The molecule has 0 fully saturated rings. The summed E-state index contributed by atoms with van der Waals surface area (Å²) in [7, 11) is 3.44. The van der Waals surface area contributed by atoms with Crippen molar-refractivity contribution in [2.24, 2.45) is 7.05 Å². The van der Waals surface area contributed by atoms with E-state index < -0.39 is 0 Å². The number of imidazole rings is 1. The van der Waals surface area contributed by atoms with Crippen LogP contribution in [0.25, 0.3) is 0 Å². The highest BCUT2D eigenvalue weighted by Gasteiger charge is 2.19. The van der Waals surface area contributed by atoms with Crippen LogP contribution in [0.15, 0.2) is 23.5 Å². The number of fused-ring (bicyclic) bond motifs is 1. The van der Waals surface area contributed by atoms with Gasteiger partial charge in [-0.2, -0.15) is 0 Å². The van der Waals surface area contributed by atoms with E-state index in [-0.39, 0.29) is 12.8 Å². The second kappa shape index (κ2) is 6.91. The molecule has 1 aromatic heterocycles. The van der Waals surface area contributed by atoms with E-state index in [9.17, 15) is 4.79 Å². The minimum absolute atomic E-state index is 0.159. The zero-order chi connectivity index (χ0) is 17.1. The van der Waals surface area contributed by atoms with E-state index in [0.717, 1.165) is 10.9 Å². The number of anilines is 1. The molecular formula is C15H18N4O4S. The number of hydrogen-bond acceptors (Lipinski definition) is 6. The Morgan fingerprint density at radius 2 is 2.17 bits per heavy atom. The Balaban J connectivity index is 1.65. The molecule has 0 bridgehead atoms. The maximum atomic E-state index is 12.2. The molecule has 0 saturated carbocycles. The predicted molar refractivity (Wildman–Crippen MR) is 90.0 cm³/mol. The van der Waals surface area contributed by atoms with E-state index in [1.807, 2.05) is 17.9 Å².